The van der Waals surface area contributed by atoms with Gasteiger partial charge < -0.3 is 0 Å². The normalized spacial score (nSPS) is 11.3. The van der Waals surface area contributed by atoms with Crippen molar-refractivity contribution in [2.75, 3.05) is 5.32 Å². The number of hydrogen-bond donors (Lipinski definition) is 1. The van der Waals surface area contributed by atoms with Gasteiger partial charge in [0.15, 0.2) is 5.13 Å². The lowest BCUT2D eigenvalue weighted by atomic mass is 9.90. The van der Waals surface area contributed by atoms with Crippen LogP contribution in [0.25, 0.3) is 0 Å². The molecule has 7 heteroatoms. The maximum Gasteiger partial charge on any atom is 0.273 e. The average molecular weight is 410 g/mol. The van der Waals surface area contributed by atoms with Gasteiger partial charge in [0.25, 0.3) is 11.6 Å². The molecule has 150 valence electrons. The van der Waals surface area contributed by atoms with E-state index in [1.54, 1.807) is 13.0 Å². The van der Waals surface area contributed by atoms with E-state index in [2.05, 4.69) is 43.2 Å². The molecular weight excluding hydrogens is 386 g/mol. The van der Waals surface area contributed by atoms with Gasteiger partial charge in [-0.2, -0.15) is 0 Å². The summed E-state index contributed by atoms with van der Waals surface area (Å²) in [6, 6.07) is 14.6. The molecule has 0 aliphatic heterocycles. The lowest BCUT2D eigenvalue weighted by Gasteiger charge is -2.17. The molecule has 0 aliphatic rings. The van der Waals surface area contributed by atoms with E-state index in [-0.39, 0.29) is 16.7 Å². The number of carbonyl (C=O) groups is 1. The minimum absolute atomic E-state index is 0.0723. The average Bonchev–Trinajstić information content (AvgIpc) is 3.05. The number of nitro groups is 1. The summed E-state index contributed by atoms with van der Waals surface area (Å²) in [7, 11) is 0. The second kappa shape index (κ2) is 8.13. The number of aromatic nitrogens is 1. The molecule has 0 spiro atoms. The summed E-state index contributed by atoms with van der Waals surface area (Å²) >= 11 is 1.44. The van der Waals surface area contributed by atoms with Crippen LogP contribution < -0.4 is 5.32 Å². The maximum atomic E-state index is 12.8. The van der Waals surface area contributed by atoms with Crippen LogP contribution in [0.3, 0.4) is 0 Å². The lowest BCUT2D eigenvalue weighted by molar-refractivity contribution is -0.385. The molecular formula is C22H23N3O3S. The molecule has 1 aromatic heterocycles. The molecule has 0 fully saturated rings. The van der Waals surface area contributed by atoms with Crippen molar-refractivity contribution in [3.05, 3.63) is 85.9 Å². The molecule has 2 aromatic carbocycles. The first-order valence-corrected chi connectivity index (χ1v) is 10.1. The molecule has 1 amide bonds. The minimum atomic E-state index is -0.481. The van der Waals surface area contributed by atoms with Gasteiger partial charge in [-0.1, -0.05) is 57.2 Å². The van der Waals surface area contributed by atoms with E-state index in [1.807, 2.05) is 18.2 Å². The molecule has 0 unspecified atom stereocenters. The Morgan fingerprint density at radius 1 is 1.14 bits per heavy atom. The number of hydrogen-bond acceptors (Lipinski definition) is 5. The van der Waals surface area contributed by atoms with Crippen molar-refractivity contribution in [2.24, 2.45) is 0 Å². The summed E-state index contributed by atoms with van der Waals surface area (Å²) in [4.78, 5) is 29.2. The van der Waals surface area contributed by atoms with Crippen molar-refractivity contribution in [1.29, 1.82) is 0 Å². The molecule has 0 aliphatic carbocycles. The highest BCUT2D eigenvalue weighted by Gasteiger charge is 2.25. The zero-order chi connectivity index (χ0) is 21.2. The first-order valence-electron chi connectivity index (χ1n) is 9.26. The van der Waals surface area contributed by atoms with Crippen LogP contribution in [0, 0.1) is 17.0 Å². The van der Waals surface area contributed by atoms with Gasteiger partial charge in [0.1, 0.15) is 0 Å². The Labute approximate surface area is 173 Å². The Bertz CT molecular complexity index is 1050. The maximum absolute atomic E-state index is 12.8. The quantitative estimate of drug-likeness (QED) is 0.445. The molecule has 0 saturated heterocycles. The number of benzene rings is 2. The molecule has 0 saturated carbocycles. The number of thiazole rings is 1. The summed E-state index contributed by atoms with van der Waals surface area (Å²) in [5, 5.41) is 14.5. The van der Waals surface area contributed by atoms with Crippen molar-refractivity contribution in [1.82, 2.24) is 4.98 Å². The Hall–Kier alpha value is -3.06. The third kappa shape index (κ3) is 4.68. The molecule has 29 heavy (non-hydrogen) atoms. The standard InChI is InChI=1S/C22H23N3O3S/c1-14-16(11-8-12-17(14)25(27)28)20(26)24-21-23-19(22(2,3)4)18(29-21)13-15-9-6-5-7-10-15/h5-12H,13H2,1-4H3,(H,23,24,26). The van der Waals surface area contributed by atoms with E-state index >= 15 is 0 Å². The predicted molar refractivity (Wildman–Crippen MR) is 116 cm³/mol. The molecule has 3 rings (SSSR count). The minimum Gasteiger partial charge on any atom is -0.298 e. The van der Waals surface area contributed by atoms with Crippen LogP contribution in [0.4, 0.5) is 10.8 Å². The summed E-state index contributed by atoms with van der Waals surface area (Å²) in [5.74, 6) is -0.397. The second-order valence-electron chi connectivity index (χ2n) is 7.86. The number of rotatable bonds is 5. The zero-order valence-corrected chi connectivity index (χ0v) is 17.7. The monoisotopic (exact) mass is 409 g/mol. The van der Waals surface area contributed by atoms with Crippen LogP contribution in [0.2, 0.25) is 0 Å². The van der Waals surface area contributed by atoms with Gasteiger partial charge in [-0.05, 0) is 18.6 Å². The van der Waals surface area contributed by atoms with Gasteiger partial charge in [0.2, 0.25) is 0 Å². The van der Waals surface area contributed by atoms with Crippen LogP contribution in [0.5, 0.6) is 0 Å². The molecule has 0 atom stereocenters. The van der Waals surface area contributed by atoms with Gasteiger partial charge in [-0.15, -0.1) is 11.3 Å². The molecule has 1 N–H and O–H groups in total. The number of amides is 1. The SMILES string of the molecule is Cc1c(C(=O)Nc2nc(C(C)(C)C)c(Cc3ccccc3)s2)cccc1[N+](=O)[O-]. The summed E-state index contributed by atoms with van der Waals surface area (Å²) in [5.41, 5.74) is 2.48. The van der Waals surface area contributed by atoms with Gasteiger partial charge in [0, 0.05) is 33.9 Å². The van der Waals surface area contributed by atoms with E-state index in [4.69, 9.17) is 0 Å². The molecule has 1 heterocycles. The second-order valence-corrected chi connectivity index (χ2v) is 8.95. The van der Waals surface area contributed by atoms with Gasteiger partial charge in [0.05, 0.1) is 10.6 Å². The van der Waals surface area contributed by atoms with E-state index in [1.165, 1.54) is 29.0 Å². The largest absolute Gasteiger partial charge is 0.298 e. The van der Waals surface area contributed by atoms with Gasteiger partial charge >= 0.3 is 0 Å². The first kappa shape index (κ1) is 20.7. The fraction of sp³-hybridized carbons (Fsp3) is 0.273. The van der Waals surface area contributed by atoms with Crippen molar-refractivity contribution in [3.8, 4) is 0 Å². The highest BCUT2D eigenvalue weighted by Crippen LogP contribution is 2.34. The molecule has 3 aromatic rings. The van der Waals surface area contributed by atoms with Crippen molar-refractivity contribution in [2.45, 2.75) is 39.5 Å². The van der Waals surface area contributed by atoms with Gasteiger partial charge in [-0.3, -0.25) is 20.2 Å². The highest BCUT2D eigenvalue weighted by atomic mass is 32.1. The van der Waals surface area contributed by atoms with E-state index in [0.29, 0.717) is 10.7 Å². The van der Waals surface area contributed by atoms with E-state index in [0.717, 1.165) is 17.0 Å². The fourth-order valence-corrected chi connectivity index (χ4v) is 4.33. The Morgan fingerprint density at radius 3 is 2.45 bits per heavy atom. The number of nitrogens with zero attached hydrogens (tertiary/aromatic N) is 2. The Balaban J connectivity index is 1.91. The third-order valence-electron chi connectivity index (χ3n) is 4.58. The first-order chi connectivity index (χ1) is 13.7. The topological polar surface area (TPSA) is 85.1 Å². The third-order valence-corrected chi connectivity index (χ3v) is 5.55. The van der Waals surface area contributed by atoms with Crippen molar-refractivity contribution >= 4 is 28.1 Å². The summed E-state index contributed by atoms with van der Waals surface area (Å²) in [6.07, 6.45) is 0.733. The lowest BCUT2D eigenvalue weighted by Crippen LogP contribution is -2.16. The van der Waals surface area contributed by atoms with Crippen LogP contribution in [-0.2, 0) is 11.8 Å². The smallest absolute Gasteiger partial charge is 0.273 e. The van der Waals surface area contributed by atoms with Crippen LogP contribution in [0.1, 0.15) is 52.8 Å². The Kier molecular flexibility index (Phi) is 5.79. The molecule has 6 nitrogen and oxygen atoms in total. The van der Waals surface area contributed by atoms with Crippen molar-refractivity contribution < 1.29 is 9.72 Å². The van der Waals surface area contributed by atoms with E-state index in [9.17, 15) is 14.9 Å². The highest BCUT2D eigenvalue weighted by molar-refractivity contribution is 7.16. The number of anilines is 1. The fourth-order valence-electron chi connectivity index (χ4n) is 3.12. The Morgan fingerprint density at radius 2 is 1.83 bits per heavy atom. The zero-order valence-electron chi connectivity index (χ0n) is 16.9. The van der Waals surface area contributed by atoms with Crippen LogP contribution in [0.15, 0.2) is 48.5 Å². The predicted octanol–water partition coefficient (Wildman–Crippen LogP) is 5.50. The van der Waals surface area contributed by atoms with E-state index < -0.39 is 10.8 Å². The van der Waals surface area contributed by atoms with Gasteiger partial charge in [-0.25, -0.2) is 4.98 Å². The summed E-state index contributed by atoms with van der Waals surface area (Å²) in [6.45, 7) is 7.85. The van der Waals surface area contributed by atoms with Crippen LogP contribution in [-0.4, -0.2) is 15.8 Å². The number of nitrogens with one attached hydrogen (secondary N) is 1. The number of nitro benzene ring substituents is 1. The molecule has 0 radical (unpaired) electrons. The molecule has 0 bridgehead atoms. The summed E-state index contributed by atoms with van der Waals surface area (Å²) < 4.78 is 0. The van der Waals surface area contributed by atoms with Crippen molar-refractivity contribution in [3.63, 3.8) is 0 Å². The number of carbonyl (C=O) groups excluding carboxylic acids is 1. The van der Waals surface area contributed by atoms with Crippen LogP contribution >= 0.6 is 11.3 Å².